The summed E-state index contributed by atoms with van der Waals surface area (Å²) < 4.78 is 7.04. The van der Waals surface area contributed by atoms with Gasteiger partial charge in [0.05, 0.1) is 6.54 Å². The van der Waals surface area contributed by atoms with Crippen molar-refractivity contribution < 1.29 is 4.42 Å². The lowest BCUT2D eigenvalue weighted by Gasteiger charge is -2.17. The molecule has 1 aromatic carbocycles. The maximum Gasteiger partial charge on any atom is 0.135 e. The van der Waals surface area contributed by atoms with E-state index in [0.29, 0.717) is 0 Å². The Morgan fingerprint density at radius 2 is 1.89 bits per heavy atom. The van der Waals surface area contributed by atoms with Gasteiger partial charge < -0.3 is 4.42 Å². The lowest BCUT2D eigenvalue weighted by atomic mass is 10.2. The number of benzene rings is 1. The van der Waals surface area contributed by atoms with Gasteiger partial charge in [0.2, 0.25) is 0 Å². The summed E-state index contributed by atoms with van der Waals surface area (Å²) in [7, 11) is 0. The molecule has 0 N–H and O–H groups in total. The molecule has 96 valence electrons. The van der Waals surface area contributed by atoms with Crippen molar-refractivity contribution in [3.8, 4) is 0 Å². The molecule has 3 rings (SSSR count). The fraction of sp³-hybridized carbons (Fsp3) is 0.467. The SMILES string of the molecule is Brc1cccc2oc(CN3CCCCCC3)cc12. The van der Waals surface area contributed by atoms with Crippen molar-refractivity contribution in [3.05, 3.63) is 34.5 Å². The molecule has 2 aromatic rings. The molecule has 3 heteroatoms. The number of furan rings is 1. The average Bonchev–Trinajstić information content (AvgIpc) is 2.60. The van der Waals surface area contributed by atoms with Crippen molar-refractivity contribution in [1.29, 1.82) is 0 Å². The fourth-order valence-electron chi connectivity index (χ4n) is 2.67. The van der Waals surface area contributed by atoms with E-state index < -0.39 is 0 Å². The molecule has 0 amide bonds. The highest BCUT2D eigenvalue weighted by atomic mass is 79.9. The average molecular weight is 308 g/mol. The highest BCUT2D eigenvalue weighted by Crippen LogP contribution is 2.27. The largest absolute Gasteiger partial charge is 0.460 e. The van der Waals surface area contributed by atoms with Crippen LogP contribution in [0.5, 0.6) is 0 Å². The molecule has 0 bridgehead atoms. The third kappa shape index (κ3) is 2.62. The molecule has 18 heavy (non-hydrogen) atoms. The van der Waals surface area contributed by atoms with Crippen molar-refractivity contribution in [2.24, 2.45) is 0 Å². The summed E-state index contributed by atoms with van der Waals surface area (Å²) in [5, 5.41) is 1.18. The zero-order valence-corrected chi connectivity index (χ0v) is 12.1. The van der Waals surface area contributed by atoms with E-state index in [4.69, 9.17) is 4.42 Å². The number of halogens is 1. The van der Waals surface area contributed by atoms with Crippen molar-refractivity contribution in [3.63, 3.8) is 0 Å². The third-order valence-corrected chi connectivity index (χ3v) is 4.33. The van der Waals surface area contributed by atoms with Gasteiger partial charge in [-0.15, -0.1) is 0 Å². The normalized spacial score (nSPS) is 18.1. The van der Waals surface area contributed by atoms with Gasteiger partial charge in [-0.2, -0.15) is 0 Å². The van der Waals surface area contributed by atoms with E-state index in [-0.39, 0.29) is 0 Å². The minimum absolute atomic E-state index is 0.946. The van der Waals surface area contributed by atoms with E-state index in [2.05, 4.69) is 33.0 Å². The summed E-state index contributed by atoms with van der Waals surface area (Å²) in [6, 6.07) is 8.29. The quantitative estimate of drug-likeness (QED) is 0.808. The monoisotopic (exact) mass is 307 g/mol. The van der Waals surface area contributed by atoms with Crippen LogP contribution < -0.4 is 0 Å². The van der Waals surface area contributed by atoms with Gasteiger partial charge in [-0.3, -0.25) is 4.90 Å². The van der Waals surface area contributed by atoms with Gasteiger partial charge in [0.1, 0.15) is 11.3 Å². The second kappa shape index (κ2) is 5.45. The molecule has 2 nitrogen and oxygen atoms in total. The minimum atomic E-state index is 0.946. The lowest BCUT2D eigenvalue weighted by molar-refractivity contribution is 0.256. The van der Waals surface area contributed by atoms with Crippen molar-refractivity contribution in [2.45, 2.75) is 32.2 Å². The number of fused-ring (bicyclic) bond motifs is 1. The Hall–Kier alpha value is -0.800. The fourth-order valence-corrected chi connectivity index (χ4v) is 3.13. The molecule has 1 saturated heterocycles. The van der Waals surface area contributed by atoms with E-state index in [1.54, 1.807) is 0 Å². The molecular formula is C15H18BrNO. The molecule has 0 unspecified atom stereocenters. The number of hydrogen-bond donors (Lipinski definition) is 0. The van der Waals surface area contributed by atoms with Crippen LogP contribution in [0.25, 0.3) is 11.0 Å². The first-order valence-electron chi connectivity index (χ1n) is 6.72. The second-order valence-corrected chi connectivity index (χ2v) is 5.91. The summed E-state index contributed by atoms with van der Waals surface area (Å²) in [6.07, 6.45) is 5.40. The Morgan fingerprint density at radius 3 is 2.61 bits per heavy atom. The number of likely N-dealkylation sites (tertiary alicyclic amines) is 1. The van der Waals surface area contributed by atoms with Gasteiger partial charge in [-0.25, -0.2) is 0 Å². The number of hydrogen-bond acceptors (Lipinski definition) is 2. The van der Waals surface area contributed by atoms with Crippen LogP contribution in [0.15, 0.2) is 33.2 Å². The van der Waals surface area contributed by atoms with Crippen LogP contribution in [0.3, 0.4) is 0 Å². The summed E-state index contributed by atoms with van der Waals surface area (Å²) >= 11 is 3.57. The highest BCUT2D eigenvalue weighted by molar-refractivity contribution is 9.10. The van der Waals surface area contributed by atoms with Gasteiger partial charge in [0.15, 0.2) is 0 Å². The first-order chi connectivity index (χ1) is 8.83. The van der Waals surface area contributed by atoms with Crippen LogP contribution in [-0.2, 0) is 6.54 Å². The third-order valence-electron chi connectivity index (χ3n) is 3.64. The molecule has 0 radical (unpaired) electrons. The first-order valence-corrected chi connectivity index (χ1v) is 7.51. The Morgan fingerprint density at radius 1 is 1.11 bits per heavy atom. The second-order valence-electron chi connectivity index (χ2n) is 5.05. The predicted molar refractivity (Wildman–Crippen MR) is 77.7 cm³/mol. The Bertz CT molecular complexity index is 526. The predicted octanol–water partition coefficient (Wildman–Crippen LogP) is 4.57. The van der Waals surface area contributed by atoms with Crippen molar-refractivity contribution >= 4 is 26.9 Å². The van der Waals surface area contributed by atoms with E-state index in [0.717, 1.165) is 22.4 Å². The molecule has 1 aliphatic heterocycles. The summed E-state index contributed by atoms with van der Waals surface area (Å²) in [5.41, 5.74) is 0.981. The maximum absolute atomic E-state index is 5.92. The molecule has 0 atom stereocenters. The number of rotatable bonds is 2. The van der Waals surface area contributed by atoms with Crippen LogP contribution in [-0.4, -0.2) is 18.0 Å². The Labute approximate surface area is 116 Å². The van der Waals surface area contributed by atoms with Gasteiger partial charge in [-0.05, 0) is 44.1 Å². The topological polar surface area (TPSA) is 16.4 Å². The van der Waals surface area contributed by atoms with Crippen LogP contribution in [0, 0.1) is 0 Å². The Kier molecular flexibility index (Phi) is 3.71. The van der Waals surface area contributed by atoms with Crippen LogP contribution in [0.1, 0.15) is 31.4 Å². The summed E-state index contributed by atoms with van der Waals surface area (Å²) in [4.78, 5) is 2.51. The van der Waals surface area contributed by atoms with E-state index in [1.807, 2.05) is 12.1 Å². The van der Waals surface area contributed by atoms with Gasteiger partial charge in [-0.1, -0.05) is 34.8 Å². The Balaban J connectivity index is 1.79. The molecule has 0 aliphatic carbocycles. The zero-order valence-electron chi connectivity index (χ0n) is 10.5. The smallest absolute Gasteiger partial charge is 0.135 e. The van der Waals surface area contributed by atoms with Gasteiger partial charge in [0, 0.05) is 9.86 Å². The molecule has 0 saturated carbocycles. The minimum Gasteiger partial charge on any atom is -0.460 e. The van der Waals surface area contributed by atoms with E-state index in [9.17, 15) is 0 Å². The molecule has 2 heterocycles. The van der Waals surface area contributed by atoms with Crippen LogP contribution >= 0.6 is 15.9 Å². The molecule has 0 spiro atoms. The maximum atomic E-state index is 5.92. The van der Waals surface area contributed by atoms with Crippen molar-refractivity contribution in [2.75, 3.05) is 13.1 Å². The van der Waals surface area contributed by atoms with Crippen molar-refractivity contribution in [1.82, 2.24) is 4.90 Å². The molecule has 1 aliphatic rings. The summed E-state index contributed by atoms with van der Waals surface area (Å²) in [5.74, 6) is 1.08. The molecule has 1 fully saturated rings. The highest BCUT2D eigenvalue weighted by Gasteiger charge is 2.13. The lowest BCUT2D eigenvalue weighted by Crippen LogP contribution is -2.23. The molecular weight excluding hydrogens is 290 g/mol. The van der Waals surface area contributed by atoms with Crippen LogP contribution in [0.4, 0.5) is 0 Å². The molecule has 1 aromatic heterocycles. The zero-order chi connectivity index (χ0) is 12.4. The van der Waals surface area contributed by atoms with Crippen LogP contribution in [0.2, 0.25) is 0 Å². The van der Waals surface area contributed by atoms with Gasteiger partial charge in [0.25, 0.3) is 0 Å². The summed E-state index contributed by atoms with van der Waals surface area (Å²) in [6.45, 7) is 3.36. The first kappa shape index (κ1) is 12.2. The van der Waals surface area contributed by atoms with E-state index in [1.165, 1.54) is 44.2 Å². The van der Waals surface area contributed by atoms with Gasteiger partial charge >= 0.3 is 0 Å². The van der Waals surface area contributed by atoms with E-state index >= 15 is 0 Å². The standard InChI is InChI=1S/C15H18BrNO/c16-14-6-5-7-15-13(14)10-12(18-15)11-17-8-3-1-2-4-9-17/h5-7,10H,1-4,8-9,11H2. The number of nitrogens with zero attached hydrogens (tertiary/aromatic N) is 1.